The van der Waals surface area contributed by atoms with Crippen molar-refractivity contribution in [1.82, 2.24) is 4.57 Å². The van der Waals surface area contributed by atoms with Gasteiger partial charge in [-0.1, -0.05) is 18.2 Å². The number of aromatic nitrogens is 1. The lowest BCUT2D eigenvalue weighted by atomic mass is 10.0. The minimum atomic E-state index is -0.258. The highest BCUT2D eigenvalue weighted by Crippen LogP contribution is 2.27. The van der Waals surface area contributed by atoms with Gasteiger partial charge in [-0.3, -0.25) is 4.79 Å². The number of benzene rings is 2. The number of nitrogens with zero attached hydrogens (tertiary/aromatic N) is 2. The molecule has 0 N–H and O–H groups in total. The molecular formula is C19H17FN2O. The van der Waals surface area contributed by atoms with Gasteiger partial charge in [0.2, 0.25) is 5.91 Å². The van der Waals surface area contributed by atoms with Crippen LogP contribution in [-0.4, -0.2) is 17.0 Å². The topological polar surface area (TPSA) is 25.2 Å². The van der Waals surface area contributed by atoms with Gasteiger partial charge in [0.25, 0.3) is 0 Å². The maximum Gasteiger partial charge on any atom is 0.246 e. The van der Waals surface area contributed by atoms with E-state index in [1.165, 1.54) is 17.7 Å². The van der Waals surface area contributed by atoms with Crippen LogP contribution < -0.4 is 4.90 Å². The summed E-state index contributed by atoms with van der Waals surface area (Å²) in [6, 6.07) is 14.6. The van der Waals surface area contributed by atoms with Crippen molar-refractivity contribution in [2.24, 2.45) is 0 Å². The van der Waals surface area contributed by atoms with Crippen molar-refractivity contribution in [1.29, 1.82) is 0 Å². The number of fused-ring (bicyclic) bond motifs is 2. The third-order valence-corrected chi connectivity index (χ3v) is 4.45. The van der Waals surface area contributed by atoms with Gasteiger partial charge in [0.15, 0.2) is 0 Å². The molecule has 4 rings (SSSR count). The predicted octanol–water partition coefficient (Wildman–Crippen LogP) is 3.76. The SMILES string of the molecule is O=C(Cn1ccc2cc(F)ccc21)N1CCCc2ccccc21. The summed E-state index contributed by atoms with van der Waals surface area (Å²) in [6.07, 6.45) is 3.85. The smallest absolute Gasteiger partial charge is 0.246 e. The Balaban J connectivity index is 1.63. The van der Waals surface area contributed by atoms with Gasteiger partial charge in [-0.05, 0) is 48.7 Å². The second-order valence-electron chi connectivity index (χ2n) is 5.92. The van der Waals surface area contributed by atoms with E-state index >= 15 is 0 Å². The van der Waals surface area contributed by atoms with Gasteiger partial charge < -0.3 is 9.47 Å². The lowest BCUT2D eigenvalue weighted by Gasteiger charge is -2.29. The Morgan fingerprint density at radius 1 is 1.13 bits per heavy atom. The first-order valence-electron chi connectivity index (χ1n) is 7.85. The number of para-hydroxylation sites is 1. The molecule has 116 valence electrons. The van der Waals surface area contributed by atoms with Crippen LogP contribution in [0.4, 0.5) is 10.1 Å². The van der Waals surface area contributed by atoms with Crippen molar-refractivity contribution >= 4 is 22.5 Å². The largest absolute Gasteiger partial charge is 0.338 e. The summed E-state index contributed by atoms with van der Waals surface area (Å²) in [5.41, 5.74) is 3.13. The summed E-state index contributed by atoms with van der Waals surface area (Å²) < 4.78 is 15.2. The molecule has 0 saturated carbocycles. The third-order valence-electron chi connectivity index (χ3n) is 4.45. The highest BCUT2D eigenvalue weighted by molar-refractivity contribution is 5.95. The first-order valence-corrected chi connectivity index (χ1v) is 7.85. The Kier molecular flexibility index (Phi) is 3.37. The van der Waals surface area contributed by atoms with Gasteiger partial charge in [0, 0.05) is 29.3 Å². The van der Waals surface area contributed by atoms with Gasteiger partial charge in [-0.25, -0.2) is 4.39 Å². The zero-order chi connectivity index (χ0) is 15.8. The zero-order valence-electron chi connectivity index (χ0n) is 12.7. The summed E-state index contributed by atoms with van der Waals surface area (Å²) in [5.74, 6) is -0.189. The van der Waals surface area contributed by atoms with E-state index in [4.69, 9.17) is 0 Å². The van der Waals surface area contributed by atoms with Crippen molar-refractivity contribution in [3.8, 4) is 0 Å². The first-order chi connectivity index (χ1) is 11.2. The predicted molar refractivity (Wildman–Crippen MR) is 89.0 cm³/mol. The van der Waals surface area contributed by atoms with Crippen LogP contribution >= 0.6 is 0 Å². The summed E-state index contributed by atoms with van der Waals surface area (Å²) in [5, 5.41) is 0.817. The Hall–Kier alpha value is -2.62. The number of hydrogen-bond acceptors (Lipinski definition) is 1. The van der Waals surface area contributed by atoms with Crippen molar-refractivity contribution in [2.75, 3.05) is 11.4 Å². The van der Waals surface area contributed by atoms with Crippen LogP contribution in [0.5, 0.6) is 0 Å². The fourth-order valence-corrected chi connectivity index (χ4v) is 3.33. The van der Waals surface area contributed by atoms with Gasteiger partial charge in [-0.2, -0.15) is 0 Å². The number of aryl methyl sites for hydroxylation is 1. The molecule has 0 atom stereocenters. The summed E-state index contributed by atoms with van der Waals surface area (Å²) >= 11 is 0. The summed E-state index contributed by atoms with van der Waals surface area (Å²) in [7, 11) is 0. The zero-order valence-corrected chi connectivity index (χ0v) is 12.7. The average molecular weight is 308 g/mol. The highest BCUT2D eigenvalue weighted by Gasteiger charge is 2.22. The number of amides is 1. The molecule has 1 aliphatic heterocycles. The van der Waals surface area contributed by atoms with Crippen molar-refractivity contribution in [2.45, 2.75) is 19.4 Å². The number of rotatable bonds is 2. The van der Waals surface area contributed by atoms with Crippen LogP contribution in [-0.2, 0) is 17.8 Å². The highest BCUT2D eigenvalue weighted by atomic mass is 19.1. The molecule has 0 unspecified atom stereocenters. The molecule has 3 nitrogen and oxygen atoms in total. The second kappa shape index (κ2) is 5.54. The Morgan fingerprint density at radius 2 is 2.00 bits per heavy atom. The standard InChI is InChI=1S/C19H17FN2O/c20-16-7-8-17-15(12-16)9-11-21(17)13-19(23)22-10-3-5-14-4-1-2-6-18(14)22/h1-2,4,6-9,11-12H,3,5,10,13H2. The molecule has 0 aliphatic carbocycles. The number of carbonyl (C=O) groups is 1. The Morgan fingerprint density at radius 3 is 2.91 bits per heavy atom. The average Bonchev–Trinajstić information content (AvgIpc) is 2.96. The molecule has 3 aromatic rings. The maximum absolute atomic E-state index is 13.3. The van der Waals surface area contributed by atoms with E-state index in [0.717, 1.165) is 36.0 Å². The fraction of sp³-hybridized carbons (Fsp3) is 0.211. The normalized spacial score (nSPS) is 14.0. The van der Waals surface area contributed by atoms with E-state index in [1.54, 1.807) is 6.07 Å². The number of anilines is 1. The molecule has 1 aliphatic rings. The Bertz CT molecular complexity index is 884. The number of halogens is 1. The van der Waals surface area contributed by atoms with Crippen molar-refractivity contribution < 1.29 is 9.18 Å². The minimum absolute atomic E-state index is 0.0685. The third kappa shape index (κ3) is 2.50. The lowest BCUT2D eigenvalue weighted by molar-refractivity contribution is -0.119. The monoisotopic (exact) mass is 308 g/mol. The lowest BCUT2D eigenvalue weighted by Crippen LogP contribution is -2.37. The molecule has 0 saturated heterocycles. The van der Waals surface area contributed by atoms with Crippen LogP contribution in [0.15, 0.2) is 54.7 Å². The molecule has 0 bridgehead atoms. The maximum atomic E-state index is 13.3. The van der Waals surface area contributed by atoms with Crippen LogP contribution in [0.3, 0.4) is 0 Å². The van der Waals surface area contributed by atoms with E-state index in [-0.39, 0.29) is 18.3 Å². The van der Waals surface area contributed by atoms with Crippen molar-refractivity contribution in [3.63, 3.8) is 0 Å². The molecule has 23 heavy (non-hydrogen) atoms. The van der Waals surface area contributed by atoms with Gasteiger partial charge in [-0.15, -0.1) is 0 Å². The van der Waals surface area contributed by atoms with Crippen LogP contribution in [0.25, 0.3) is 10.9 Å². The molecule has 0 radical (unpaired) electrons. The molecule has 0 spiro atoms. The van der Waals surface area contributed by atoms with Gasteiger partial charge >= 0.3 is 0 Å². The van der Waals surface area contributed by atoms with E-state index < -0.39 is 0 Å². The summed E-state index contributed by atoms with van der Waals surface area (Å²) in [6.45, 7) is 1.02. The second-order valence-corrected chi connectivity index (χ2v) is 5.92. The van der Waals surface area contributed by atoms with Gasteiger partial charge in [0.1, 0.15) is 12.4 Å². The Labute approximate surface area is 133 Å². The number of hydrogen-bond donors (Lipinski definition) is 0. The molecule has 2 aromatic carbocycles. The van der Waals surface area contributed by atoms with E-state index in [9.17, 15) is 9.18 Å². The van der Waals surface area contributed by atoms with E-state index in [0.29, 0.717) is 0 Å². The quantitative estimate of drug-likeness (QED) is 0.707. The van der Waals surface area contributed by atoms with E-state index in [1.807, 2.05) is 39.9 Å². The molecule has 0 fully saturated rings. The van der Waals surface area contributed by atoms with Crippen LogP contribution in [0.2, 0.25) is 0 Å². The molecule has 1 amide bonds. The summed E-state index contributed by atoms with van der Waals surface area (Å²) in [4.78, 5) is 14.6. The van der Waals surface area contributed by atoms with Crippen LogP contribution in [0.1, 0.15) is 12.0 Å². The molecule has 2 heterocycles. The van der Waals surface area contributed by atoms with Gasteiger partial charge in [0.05, 0.1) is 0 Å². The van der Waals surface area contributed by atoms with Crippen molar-refractivity contribution in [3.05, 3.63) is 66.1 Å². The van der Waals surface area contributed by atoms with Crippen LogP contribution in [0, 0.1) is 5.82 Å². The number of carbonyl (C=O) groups excluding carboxylic acids is 1. The fourth-order valence-electron chi connectivity index (χ4n) is 3.33. The van der Waals surface area contributed by atoms with E-state index in [2.05, 4.69) is 6.07 Å². The molecule has 4 heteroatoms. The molecular weight excluding hydrogens is 291 g/mol. The molecule has 1 aromatic heterocycles. The first kappa shape index (κ1) is 14.0. The minimum Gasteiger partial charge on any atom is -0.338 e.